The van der Waals surface area contributed by atoms with Gasteiger partial charge in [-0.3, -0.25) is 4.40 Å². The molecule has 25 heavy (non-hydrogen) atoms. The first kappa shape index (κ1) is 15.5. The summed E-state index contributed by atoms with van der Waals surface area (Å²) in [4.78, 5) is 4.75. The molecule has 122 valence electrons. The van der Waals surface area contributed by atoms with Crippen molar-refractivity contribution in [3.8, 4) is 11.3 Å². The number of rotatable bonds is 3. The number of azo groups is 1. The van der Waals surface area contributed by atoms with Crippen LogP contribution in [-0.2, 0) is 0 Å². The van der Waals surface area contributed by atoms with E-state index in [1.54, 1.807) is 6.07 Å². The van der Waals surface area contributed by atoms with E-state index in [2.05, 4.69) is 10.2 Å². The molecule has 0 fully saturated rings. The van der Waals surface area contributed by atoms with Gasteiger partial charge in [0.1, 0.15) is 17.0 Å². The van der Waals surface area contributed by atoms with Gasteiger partial charge in [-0.1, -0.05) is 54.1 Å². The number of hydrogen-bond donors (Lipinski definition) is 0. The summed E-state index contributed by atoms with van der Waals surface area (Å²) < 4.78 is 1.94. The van der Waals surface area contributed by atoms with Gasteiger partial charge in [-0.25, -0.2) is 4.98 Å². The fourth-order valence-corrected chi connectivity index (χ4v) is 2.83. The van der Waals surface area contributed by atoms with Crippen LogP contribution in [0.3, 0.4) is 0 Å². The maximum atomic E-state index is 6.18. The number of halogens is 1. The summed E-state index contributed by atoms with van der Waals surface area (Å²) in [6, 6.07) is 21.4. The van der Waals surface area contributed by atoms with Crippen LogP contribution in [-0.4, -0.2) is 9.38 Å². The maximum absolute atomic E-state index is 6.18. The molecular weight excluding hydrogens is 332 g/mol. The van der Waals surface area contributed by atoms with Crippen LogP contribution in [0.15, 0.2) is 83.2 Å². The van der Waals surface area contributed by atoms with E-state index >= 15 is 0 Å². The van der Waals surface area contributed by atoms with E-state index in [1.807, 2.05) is 78.2 Å². The van der Waals surface area contributed by atoms with Gasteiger partial charge in [0.25, 0.3) is 0 Å². The fraction of sp³-hybridized carbons (Fsp3) is 0.0500. The molecule has 4 rings (SSSR count). The first-order valence-corrected chi connectivity index (χ1v) is 8.30. The van der Waals surface area contributed by atoms with Gasteiger partial charge in [0, 0.05) is 11.8 Å². The molecule has 4 nitrogen and oxygen atoms in total. The molecule has 0 unspecified atom stereocenters. The van der Waals surface area contributed by atoms with E-state index in [0.717, 1.165) is 22.5 Å². The second-order valence-electron chi connectivity index (χ2n) is 5.73. The minimum Gasteiger partial charge on any atom is -0.283 e. The van der Waals surface area contributed by atoms with Crippen molar-refractivity contribution in [2.24, 2.45) is 10.2 Å². The third-order valence-corrected chi connectivity index (χ3v) is 4.23. The number of pyridine rings is 1. The molecule has 0 aliphatic heterocycles. The van der Waals surface area contributed by atoms with E-state index in [0.29, 0.717) is 16.5 Å². The minimum atomic E-state index is 0.567. The summed E-state index contributed by atoms with van der Waals surface area (Å²) in [5, 5.41) is 9.38. The normalized spacial score (nSPS) is 11.4. The van der Waals surface area contributed by atoms with E-state index < -0.39 is 0 Å². The zero-order chi connectivity index (χ0) is 17.2. The lowest BCUT2D eigenvalue weighted by Gasteiger charge is -2.00. The summed E-state index contributed by atoms with van der Waals surface area (Å²) in [6.45, 7) is 2.04. The highest BCUT2D eigenvalue weighted by atomic mass is 35.5. The smallest absolute Gasteiger partial charge is 0.187 e. The number of aromatic nitrogens is 2. The van der Waals surface area contributed by atoms with Crippen molar-refractivity contribution in [3.63, 3.8) is 0 Å². The first-order valence-electron chi connectivity index (χ1n) is 7.93. The van der Waals surface area contributed by atoms with Crippen molar-refractivity contribution in [2.45, 2.75) is 6.92 Å². The summed E-state index contributed by atoms with van der Waals surface area (Å²) in [6.07, 6.45) is 1.96. The van der Waals surface area contributed by atoms with Crippen molar-refractivity contribution in [1.82, 2.24) is 9.38 Å². The van der Waals surface area contributed by atoms with Gasteiger partial charge in [-0.15, -0.1) is 10.2 Å². The zero-order valence-electron chi connectivity index (χ0n) is 13.6. The highest BCUT2D eigenvalue weighted by molar-refractivity contribution is 6.32. The van der Waals surface area contributed by atoms with Gasteiger partial charge in [0.15, 0.2) is 5.82 Å². The number of hydrogen-bond acceptors (Lipinski definition) is 3. The quantitative estimate of drug-likeness (QED) is 0.397. The largest absolute Gasteiger partial charge is 0.283 e. The van der Waals surface area contributed by atoms with Gasteiger partial charge in [0.2, 0.25) is 0 Å². The summed E-state index contributed by atoms with van der Waals surface area (Å²) in [5.41, 5.74) is 4.41. The molecule has 0 amide bonds. The van der Waals surface area contributed by atoms with Crippen LogP contribution < -0.4 is 0 Å². The van der Waals surface area contributed by atoms with Gasteiger partial charge in [-0.2, -0.15) is 0 Å². The Morgan fingerprint density at radius 2 is 1.68 bits per heavy atom. The van der Waals surface area contributed by atoms with Gasteiger partial charge in [-0.05, 0) is 36.8 Å². The van der Waals surface area contributed by atoms with Gasteiger partial charge in [0.05, 0.1) is 5.02 Å². The molecule has 0 bridgehead atoms. The van der Waals surface area contributed by atoms with E-state index in [-0.39, 0.29) is 0 Å². The van der Waals surface area contributed by atoms with Gasteiger partial charge >= 0.3 is 0 Å². The minimum absolute atomic E-state index is 0.567. The van der Waals surface area contributed by atoms with E-state index in [4.69, 9.17) is 16.6 Å². The van der Waals surface area contributed by atoms with Crippen LogP contribution in [0.1, 0.15) is 5.56 Å². The number of aryl methyl sites for hydroxylation is 1. The molecule has 0 spiro atoms. The lowest BCUT2D eigenvalue weighted by molar-refractivity contribution is 1.10. The molecule has 0 radical (unpaired) electrons. The molecule has 0 aliphatic rings. The lowest BCUT2D eigenvalue weighted by atomic mass is 10.1. The average Bonchev–Trinajstić information content (AvgIpc) is 2.99. The van der Waals surface area contributed by atoms with E-state index in [9.17, 15) is 0 Å². The van der Waals surface area contributed by atoms with Crippen LogP contribution in [0.5, 0.6) is 0 Å². The Morgan fingerprint density at radius 3 is 2.48 bits per heavy atom. The first-order chi connectivity index (χ1) is 12.2. The number of fused-ring (bicyclic) bond motifs is 1. The molecular formula is C20H15ClN4. The Hall–Kier alpha value is -2.98. The average molecular weight is 347 g/mol. The van der Waals surface area contributed by atoms with Gasteiger partial charge < -0.3 is 0 Å². The van der Waals surface area contributed by atoms with Crippen LogP contribution >= 0.6 is 11.6 Å². The molecule has 2 aromatic heterocycles. The highest BCUT2D eigenvalue weighted by Crippen LogP contribution is 2.33. The van der Waals surface area contributed by atoms with Crippen LogP contribution in [0, 0.1) is 6.92 Å². The summed E-state index contributed by atoms with van der Waals surface area (Å²) >= 11 is 6.18. The van der Waals surface area contributed by atoms with Crippen molar-refractivity contribution in [3.05, 3.63) is 83.5 Å². The number of nitrogens with zero attached hydrogens (tertiary/aromatic N) is 4. The SMILES string of the molecule is Cc1ccn2c(N=Nc3ccccc3Cl)c(-c3ccccc3)nc2c1. The highest BCUT2D eigenvalue weighted by Gasteiger charge is 2.14. The molecule has 0 saturated carbocycles. The summed E-state index contributed by atoms with van der Waals surface area (Å²) in [5.74, 6) is 0.682. The van der Waals surface area contributed by atoms with Crippen molar-refractivity contribution in [2.75, 3.05) is 0 Å². The molecule has 5 heteroatoms. The number of benzene rings is 2. The maximum Gasteiger partial charge on any atom is 0.187 e. The number of imidazole rings is 1. The molecule has 2 aromatic carbocycles. The van der Waals surface area contributed by atoms with Crippen molar-refractivity contribution >= 4 is 28.8 Å². The second kappa shape index (κ2) is 6.49. The molecule has 0 aliphatic carbocycles. The third-order valence-electron chi connectivity index (χ3n) is 3.91. The fourth-order valence-electron chi connectivity index (χ4n) is 2.65. The Bertz CT molecular complexity index is 1070. The zero-order valence-corrected chi connectivity index (χ0v) is 14.4. The predicted molar refractivity (Wildman–Crippen MR) is 101 cm³/mol. The topological polar surface area (TPSA) is 42.0 Å². The van der Waals surface area contributed by atoms with Crippen LogP contribution in [0.25, 0.3) is 16.9 Å². The molecule has 0 atom stereocenters. The Balaban J connectivity index is 1.90. The molecule has 2 heterocycles. The molecule has 0 N–H and O–H groups in total. The monoisotopic (exact) mass is 346 g/mol. The van der Waals surface area contributed by atoms with Crippen LogP contribution in [0.2, 0.25) is 5.02 Å². The Labute approximate surface area is 150 Å². The van der Waals surface area contributed by atoms with Crippen molar-refractivity contribution in [1.29, 1.82) is 0 Å². The summed E-state index contributed by atoms with van der Waals surface area (Å²) in [7, 11) is 0. The Morgan fingerprint density at radius 1 is 0.920 bits per heavy atom. The third kappa shape index (κ3) is 3.04. The standard InChI is InChI=1S/C20H15ClN4/c1-14-11-12-25-18(13-14)22-19(15-7-3-2-4-8-15)20(25)24-23-17-10-6-5-9-16(17)21/h2-13H,1H3. The molecule has 4 aromatic rings. The second-order valence-corrected chi connectivity index (χ2v) is 6.14. The lowest BCUT2D eigenvalue weighted by Crippen LogP contribution is -1.84. The molecule has 0 saturated heterocycles. The van der Waals surface area contributed by atoms with E-state index in [1.165, 1.54) is 0 Å². The Kier molecular flexibility index (Phi) is 4.04. The van der Waals surface area contributed by atoms with Crippen molar-refractivity contribution < 1.29 is 0 Å². The predicted octanol–water partition coefficient (Wildman–Crippen LogP) is 6.38. The van der Waals surface area contributed by atoms with Crippen LogP contribution in [0.4, 0.5) is 11.5 Å².